The fraction of sp³-hybridized carbons (Fsp3) is 0.0189. The Kier molecular flexibility index (Phi) is 5.59. The van der Waals surface area contributed by atoms with E-state index in [0.29, 0.717) is 5.95 Å². The van der Waals surface area contributed by atoms with Crippen molar-refractivity contribution in [2.45, 2.75) is 5.41 Å². The lowest BCUT2D eigenvalue weighted by molar-refractivity contribution is 0.783. The maximum Gasteiger partial charge on any atom is 0.235 e. The van der Waals surface area contributed by atoms with E-state index in [1.807, 2.05) is 11.3 Å². The summed E-state index contributed by atoms with van der Waals surface area (Å²) in [4.78, 5) is 11.0. The van der Waals surface area contributed by atoms with Gasteiger partial charge in [0.25, 0.3) is 0 Å². The van der Waals surface area contributed by atoms with Crippen molar-refractivity contribution in [3.05, 3.63) is 198 Å². The Balaban J connectivity index is 1.09. The van der Waals surface area contributed by atoms with Crippen molar-refractivity contribution >= 4 is 85.8 Å². The van der Waals surface area contributed by atoms with Crippen LogP contribution in [0, 0.1) is 0 Å². The second-order valence-corrected chi connectivity index (χ2v) is 16.7. The molecular weight excluding hydrogens is 711 g/mol. The molecule has 0 N–H and O–H groups in total. The maximum atomic E-state index is 5.59. The van der Waals surface area contributed by atoms with Crippen molar-refractivity contribution < 1.29 is 0 Å². The Morgan fingerprint density at radius 3 is 1.93 bits per heavy atom. The Hall–Kier alpha value is -7.14. The molecule has 4 heteroatoms. The van der Waals surface area contributed by atoms with Crippen LogP contribution in [0.2, 0.25) is 0 Å². The fourth-order valence-corrected chi connectivity index (χ4v) is 11.9. The third-order valence-electron chi connectivity index (χ3n) is 13.0. The van der Waals surface area contributed by atoms with E-state index in [1.165, 1.54) is 85.9 Å². The van der Waals surface area contributed by atoms with Crippen LogP contribution in [-0.4, -0.2) is 14.5 Å². The summed E-state index contributed by atoms with van der Waals surface area (Å²) in [5, 5.41) is 11.3. The summed E-state index contributed by atoms with van der Waals surface area (Å²) in [6.07, 6.45) is 0. The highest BCUT2D eigenvalue weighted by Crippen LogP contribution is 2.62. The molecular formula is C53H29N3S. The molecule has 0 saturated carbocycles. The molecule has 14 rings (SSSR count). The molecule has 9 aromatic carbocycles. The molecule has 0 bridgehead atoms. The largest absolute Gasteiger partial charge is 0.278 e. The minimum absolute atomic E-state index is 0.460. The van der Waals surface area contributed by atoms with E-state index in [9.17, 15) is 0 Å². The summed E-state index contributed by atoms with van der Waals surface area (Å²) in [5.74, 6) is 0.682. The van der Waals surface area contributed by atoms with E-state index in [4.69, 9.17) is 9.97 Å². The molecule has 1 spiro atoms. The number of nitrogens with zero attached hydrogens (tertiary/aromatic N) is 3. The summed E-state index contributed by atoms with van der Waals surface area (Å²) < 4.78 is 4.92. The van der Waals surface area contributed by atoms with Gasteiger partial charge >= 0.3 is 0 Å². The van der Waals surface area contributed by atoms with Crippen molar-refractivity contribution in [1.29, 1.82) is 0 Å². The number of aromatic nitrogens is 3. The Labute approximate surface area is 330 Å². The lowest BCUT2D eigenvalue weighted by Gasteiger charge is -2.37. The quantitative estimate of drug-likeness (QED) is 0.177. The summed E-state index contributed by atoms with van der Waals surface area (Å²) in [6, 6.07) is 65.0. The zero-order valence-corrected chi connectivity index (χ0v) is 31.3. The fourth-order valence-electron chi connectivity index (χ4n) is 10.8. The monoisotopic (exact) mass is 739 g/mol. The molecule has 0 unspecified atom stereocenters. The van der Waals surface area contributed by atoms with E-state index >= 15 is 0 Å². The van der Waals surface area contributed by atoms with Crippen molar-refractivity contribution in [2.24, 2.45) is 0 Å². The second kappa shape index (κ2) is 10.6. The summed E-state index contributed by atoms with van der Waals surface area (Å²) in [6.45, 7) is 0. The van der Waals surface area contributed by atoms with Gasteiger partial charge in [0.1, 0.15) is 0 Å². The van der Waals surface area contributed by atoms with Gasteiger partial charge in [-0.1, -0.05) is 140 Å². The van der Waals surface area contributed by atoms with Gasteiger partial charge in [0.05, 0.1) is 27.7 Å². The summed E-state index contributed by atoms with van der Waals surface area (Å²) in [7, 11) is 0. The molecule has 262 valence electrons. The van der Waals surface area contributed by atoms with Crippen LogP contribution in [0.15, 0.2) is 176 Å². The number of rotatable bonds is 2. The number of fused-ring (bicyclic) bond motifs is 13. The van der Waals surface area contributed by atoms with Crippen LogP contribution in [0.25, 0.3) is 103 Å². The number of hydrogen-bond acceptors (Lipinski definition) is 3. The zero-order chi connectivity index (χ0) is 37.0. The Morgan fingerprint density at radius 1 is 0.421 bits per heavy atom. The molecule has 3 heterocycles. The molecule has 0 radical (unpaired) electrons. The highest BCUT2D eigenvalue weighted by atomic mass is 32.1. The van der Waals surface area contributed by atoms with E-state index in [1.54, 1.807) is 0 Å². The average Bonchev–Trinajstić information content (AvgIpc) is 3.92. The number of benzene rings is 9. The zero-order valence-electron chi connectivity index (χ0n) is 30.5. The lowest BCUT2D eigenvalue weighted by atomic mass is 9.63. The SMILES string of the molecule is c1ccc2c(c1)-c1ccccc1C21c2cccc3ccc4c(c23)c2c1cccc2n4-c1nc(-c2ccc3sc4ccc5ccccc5c4c3c2)c2ccccc2n1. The van der Waals surface area contributed by atoms with Crippen molar-refractivity contribution in [3.8, 4) is 28.3 Å². The minimum Gasteiger partial charge on any atom is -0.278 e. The predicted octanol–water partition coefficient (Wildman–Crippen LogP) is 13.7. The normalized spacial score (nSPS) is 13.8. The lowest BCUT2D eigenvalue weighted by Crippen LogP contribution is -2.30. The first-order valence-electron chi connectivity index (χ1n) is 19.6. The van der Waals surface area contributed by atoms with E-state index < -0.39 is 5.41 Å². The highest BCUT2D eigenvalue weighted by Gasteiger charge is 2.50. The molecule has 3 nitrogen and oxygen atoms in total. The van der Waals surface area contributed by atoms with Crippen LogP contribution < -0.4 is 0 Å². The van der Waals surface area contributed by atoms with Gasteiger partial charge < -0.3 is 0 Å². The molecule has 0 aliphatic heterocycles. The van der Waals surface area contributed by atoms with Crippen LogP contribution in [0.4, 0.5) is 0 Å². The van der Waals surface area contributed by atoms with Gasteiger partial charge in [-0.15, -0.1) is 11.3 Å². The number of thiophene rings is 1. The molecule has 0 fully saturated rings. The van der Waals surface area contributed by atoms with Crippen molar-refractivity contribution in [2.75, 3.05) is 0 Å². The van der Waals surface area contributed by atoms with E-state index in [2.05, 4.69) is 180 Å². The average molecular weight is 740 g/mol. The topological polar surface area (TPSA) is 30.7 Å². The third kappa shape index (κ3) is 3.63. The molecule has 2 aliphatic carbocycles. The summed E-state index contributed by atoms with van der Waals surface area (Å²) >= 11 is 1.86. The molecule has 0 amide bonds. The first-order valence-corrected chi connectivity index (χ1v) is 20.4. The van der Waals surface area contributed by atoms with E-state index in [0.717, 1.165) is 33.2 Å². The predicted molar refractivity (Wildman–Crippen MR) is 238 cm³/mol. The van der Waals surface area contributed by atoms with Gasteiger partial charge in [0.15, 0.2) is 0 Å². The van der Waals surface area contributed by atoms with Gasteiger partial charge in [-0.25, -0.2) is 9.97 Å². The maximum absolute atomic E-state index is 5.59. The first kappa shape index (κ1) is 30.1. The second-order valence-electron chi connectivity index (χ2n) is 15.6. The van der Waals surface area contributed by atoms with Gasteiger partial charge in [0, 0.05) is 41.9 Å². The smallest absolute Gasteiger partial charge is 0.235 e. The summed E-state index contributed by atoms with van der Waals surface area (Å²) in [5.41, 5.74) is 12.7. The Bertz CT molecular complexity index is 3730. The molecule has 57 heavy (non-hydrogen) atoms. The Morgan fingerprint density at radius 2 is 1.07 bits per heavy atom. The number of para-hydroxylation sites is 1. The van der Waals surface area contributed by atoms with Gasteiger partial charge in [0.2, 0.25) is 5.95 Å². The molecule has 0 atom stereocenters. The van der Waals surface area contributed by atoms with E-state index in [-0.39, 0.29) is 0 Å². The third-order valence-corrected chi connectivity index (χ3v) is 14.1. The van der Waals surface area contributed by atoms with Gasteiger partial charge in [-0.3, -0.25) is 4.57 Å². The van der Waals surface area contributed by atoms with Crippen LogP contribution in [0.3, 0.4) is 0 Å². The van der Waals surface area contributed by atoms with Crippen LogP contribution in [-0.2, 0) is 5.41 Å². The standard InChI is InChI=1S/C53H29N3S/c1-2-13-33-30(11-1)24-28-46-48(33)37-29-32(25-27-45(37)57-46)51-36-16-5-8-21-42(36)54-52(55-51)56-43-22-10-20-41-49(43)50-44(56)26-23-31-12-9-19-40(47(31)50)53(41)38-17-6-3-14-34(38)35-15-4-7-18-39(35)53/h1-29H. The van der Waals surface area contributed by atoms with Crippen LogP contribution in [0.1, 0.15) is 22.3 Å². The molecule has 0 saturated heterocycles. The number of hydrogen-bond donors (Lipinski definition) is 0. The molecule has 3 aromatic heterocycles. The van der Waals surface area contributed by atoms with Crippen LogP contribution in [0.5, 0.6) is 0 Å². The molecule has 12 aromatic rings. The first-order chi connectivity index (χ1) is 28.3. The van der Waals surface area contributed by atoms with Crippen molar-refractivity contribution in [3.63, 3.8) is 0 Å². The molecule has 2 aliphatic rings. The van der Waals surface area contributed by atoms with Crippen LogP contribution >= 0.6 is 11.3 Å². The highest BCUT2D eigenvalue weighted by molar-refractivity contribution is 7.26. The minimum atomic E-state index is -0.460. The van der Waals surface area contributed by atoms with Crippen molar-refractivity contribution in [1.82, 2.24) is 14.5 Å². The van der Waals surface area contributed by atoms with Gasteiger partial charge in [-0.05, 0) is 91.3 Å². The van der Waals surface area contributed by atoms with Gasteiger partial charge in [-0.2, -0.15) is 0 Å².